The number of sulfonamides is 1. The Morgan fingerprint density at radius 2 is 1.86 bits per heavy atom. The monoisotopic (exact) mass is 447 g/mol. The molecule has 2 aromatic carbocycles. The quantitative estimate of drug-likeness (QED) is 0.597. The number of alkyl halides is 3. The third kappa shape index (κ3) is 4.82. The summed E-state index contributed by atoms with van der Waals surface area (Å²) in [5.74, 6) is -0.0316. The lowest BCUT2D eigenvalue weighted by atomic mass is 10.3. The van der Waals surface area contributed by atoms with Gasteiger partial charge < -0.3 is 9.30 Å². The van der Waals surface area contributed by atoms with E-state index in [-0.39, 0.29) is 10.4 Å². The molecule has 3 rings (SSSR count). The van der Waals surface area contributed by atoms with Crippen LogP contribution in [0, 0.1) is 0 Å². The number of ether oxygens (including phenoxy) is 1. The number of fused-ring (bicyclic) bond motifs is 1. The molecule has 156 valence electrons. The van der Waals surface area contributed by atoms with Crippen molar-refractivity contribution < 1.29 is 26.3 Å². The fraction of sp³-hybridized carbons (Fsp3) is 0.278. The number of aryl methyl sites for hydroxylation is 1. The van der Waals surface area contributed by atoms with Crippen LogP contribution in [0.4, 0.5) is 13.2 Å². The van der Waals surface area contributed by atoms with Crippen LogP contribution in [0.25, 0.3) is 11.0 Å². The van der Waals surface area contributed by atoms with E-state index in [2.05, 4.69) is 14.4 Å². The van der Waals surface area contributed by atoms with E-state index >= 15 is 0 Å². The summed E-state index contributed by atoms with van der Waals surface area (Å²) in [5, 5.41) is 0.404. The third-order valence-corrected chi connectivity index (χ3v) is 5.95. The van der Waals surface area contributed by atoms with Gasteiger partial charge in [-0.2, -0.15) is 0 Å². The molecule has 11 heteroatoms. The highest BCUT2D eigenvalue weighted by Crippen LogP contribution is 2.29. The Labute approximate surface area is 170 Å². The molecular weight excluding hydrogens is 431 g/mol. The first-order chi connectivity index (χ1) is 13.5. The number of rotatable bonds is 6. The first kappa shape index (κ1) is 21.4. The topological polar surface area (TPSA) is 73.2 Å². The molecular formula is C18H17ClF3N3O3S. The average Bonchev–Trinajstić information content (AvgIpc) is 2.98. The van der Waals surface area contributed by atoms with E-state index in [1.165, 1.54) is 42.5 Å². The maximum absolute atomic E-state index is 12.6. The molecule has 0 saturated carbocycles. The van der Waals surface area contributed by atoms with Crippen molar-refractivity contribution in [2.24, 2.45) is 0 Å². The maximum Gasteiger partial charge on any atom is 0.573 e. The standard InChI is InChI=1S/C18H17ClF3N3O3S/c1-3-25-16-9-6-13(28-18(20,21)22)10-15(16)23-17(25)11(2)24-29(26,27)14-7-4-12(19)5-8-14/h4-11,24H,3H2,1-2H3/t11-/m1/s1. The Kier molecular flexibility index (Phi) is 5.79. The lowest BCUT2D eigenvalue weighted by Gasteiger charge is -2.15. The molecule has 1 heterocycles. The van der Waals surface area contributed by atoms with Crippen LogP contribution in [0.5, 0.6) is 5.75 Å². The number of imidazole rings is 1. The van der Waals surface area contributed by atoms with Gasteiger partial charge in [0, 0.05) is 17.6 Å². The molecule has 1 atom stereocenters. The molecule has 0 unspecified atom stereocenters. The van der Waals surface area contributed by atoms with E-state index in [9.17, 15) is 21.6 Å². The lowest BCUT2D eigenvalue weighted by Crippen LogP contribution is -2.28. The zero-order valence-electron chi connectivity index (χ0n) is 15.4. The SMILES string of the molecule is CCn1c([C@@H](C)NS(=O)(=O)c2ccc(Cl)cc2)nc2cc(OC(F)(F)F)ccc21. The first-order valence-electron chi connectivity index (χ1n) is 8.54. The summed E-state index contributed by atoms with van der Waals surface area (Å²) in [4.78, 5) is 4.37. The maximum atomic E-state index is 12.6. The predicted molar refractivity (Wildman–Crippen MR) is 102 cm³/mol. The number of hydrogen-bond acceptors (Lipinski definition) is 4. The summed E-state index contributed by atoms with van der Waals surface area (Å²) in [6.45, 7) is 3.87. The van der Waals surface area contributed by atoms with Crippen molar-refractivity contribution in [1.82, 2.24) is 14.3 Å². The van der Waals surface area contributed by atoms with E-state index in [0.29, 0.717) is 22.9 Å². The van der Waals surface area contributed by atoms with Crippen LogP contribution in [0.3, 0.4) is 0 Å². The van der Waals surface area contributed by atoms with Gasteiger partial charge in [-0.15, -0.1) is 13.2 Å². The van der Waals surface area contributed by atoms with E-state index < -0.39 is 28.2 Å². The van der Waals surface area contributed by atoms with Gasteiger partial charge in [-0.05, 0) is 50.2 Å². The molecule has 0 spiro atoms. The summed E-state index contributed by atoms with van der Waals surface area (Å²) >= 11 is 5.79. The van der Waals surface area contributed by atoms with Gasteiger partial charge in [0.2, 0.25) is 10.0 Å². The van der Waals surface area contributed by atoms with Crippen molar-refractivity contribution in [3.05, 3.63) is 53.3 Å². The largest absolute Gasteiger partial charge is 0.573 e. The molecule has 29 heavy (non-hydrogen) atoms. The van der Waals surface area contributed by atoms with Gasteiger partial charge in [0.25, 0.3) is 0 Å². The van der Waals surface area contributed by atoms with Crippen molar-refractivity contribution in [3.8, 4) is 5.75 Å². The van der Waals surface area contributed by atoms with Crippen molar-refractivity contribution in [2.75, 3.05) is 0 Å². The molecule has 0 bridgehead atoms. The Morgan fingerprint density at radius 1 is 1.21 bits per heavy atom. The molecule has 0 saturated heterocycles. The number of hydrogen-bond donors (Lipinski definition) is 1. The number of aromatic nitrogens is 2. The zero-order chi connectivity index (χ0) is 21.4. The molecule has 0 radical (unpaired) electrons. The van der Waals surface area contributed by atoms with Crippen LogP contribution in [-0.2, 0) is 16.6 Å². The van der Waals surface area contributed by atoms with E-state index in [4.69, 9.17) is 11.6 Å². The second kappa shape index (κ2) is 7.85. The van der Waals surface area contributed by atoms with Crippen LogP contribution in [0.2, 0.25) is 5.02 Å². The highest BCUT2D eigenvalue weighted by atomic mass is 35.5. The Morgan fingerprint density at radius 3 is 2.45 bits per heavy atom. The Balaban J connectivity index is 1.94. The van der Waals surface area contributed by atoms with Gasteiger partial charge in [0.15, 0.2) is 0 Å². The van der Waals surface area contributed by atoms with E-state index in [1.807, 2.05) is 6.92 Å². The Hall–Kier alpha value is -2.30. The minimum absolute atomic E-state index is 0.0359. The lowest BCUT2D eigenvalue weighted by molar-refractivity contribution is -0.274. The van der Waals surface area contributed by atoms with Gasteiger partial charge in [-0.3, -0.25) is 0 Å². The fourth-order valence-corrected chi connectivity index (χ4v) is 4.28. The minimum Gasteiger partial charge on any atom is -0.406 e. The molecule has 6 nitrogen and oxygen atoms in total. The Bertz CT molecular complexity index is 1130. The van der Waals surface area contributed by atoms with Gasteiger partial charge in [0.05, 0.1) is 22.0 Å². The molecule has 1 N–H and O–H groups in total. The van der Waals surface area contributed by atoms with Crippen LogP contribution in [0.1, 0.15) is 25.7 Å². The van der Waals surface area contributed by atoms with Crippen molar-refractivity contribution >= 4 is 32.7 Å². The molecule has 0 aliphatic rings. The fourth-order valence-electron chi connectivity index (χ4n) is 2.96. The number of benzene rings is 2. The molecule has 0 fully saturated rings. The van der Waals surface area contributed by atoms with Crippen molar-refractivity contribution in [1.29, 1.82) is 0 Å². The van der Waals surface area contributed by atoms with E-state index in [0.717, 1.165) is 0 Å². The van der Waals surface area contributed by atoms with Gasteiger partial charge in [-0.1, -0.05) is 11.6 Å². The summed E-state index contributed by atoms with van der Waals surface area (Å²) in [7, 11) is -3.85. The van der Waals surface area contributed by atoms with Crippen LogP contribution >= 0.6 is 11.6 Å². The van der Waals surface area contributed by atoms with Gasteiger partial charge in [0.1, 0.15) is 11.6 Å². The van der Waals surface area contributed by atoms with Crippen LogP contribution < -0.4 is 9.46 Å². The molecule has 3 aromatic rings. The number of halogens is 4. The normalized spacial score (nSPS) is 13.6. The second-order valence-corrected chi connectivity index (χ2v) is 8.36. The highest BCUT2D eigenvalue weighted by Gasteiger charge is 2.31. The van der Waals surface area contributed by atoms with Crippen LogP contribution in [-0.4, -0.2) is 24.3 Å². The molecule has 0 aliphatic carbocycles. The summed E-state index contributed by atoms with van der Waals surface area (Å²) in [5.41, 5.74) is 0.829. The number of nitrogens with zero attached hydrogens (tertiary/aromatic N) is 2. The summed E-state index contributed by atoms with van der Waals surface area (Å²) in [6, 6.07) is 8.75. The van der Waals surface area contributed by atoms with Crippen LogP contribution in [0.15, 0.2) is 47.4 Å². The third-order valence-electron chi connectivity index (χ3n) is 4.14. The summed E-state index contributed by atoms with van der Waals surface area (Å²) < 4.78 is 70.8. The smallest absolute Gasteiger partial charge is 0.406 e. The predicted octanol–water partition coefficient (Wildman–Crippen LogP) is 4.65. The van der Waals surface area contributed by atoms with Gasteiger partial charge in [-0.25, -0.2) is 18.1 Å². The van der Waals surface area contributed by atoms with Crippen molar-refractivity contribution in [3.63, 3.8) is 0 Å². The zero-order valence-corrected chi connectivity index (χ0v) is 16.9. The first-order valence-corrected chi connectivity index (χ1v) is 10.4. The van der Waals surface area contributed by atoms with Gasteiger partial charge >= 0.3 is 6.36 Å². The summed E-state index contributed by atoms with van der Waals surface area (Å²) in [6.07, 6.45) is -4.81. The van der Waals surface area contributed by atoms with E-state index in [1.54, 1.807) is 11.5 Å². The molecule has 0 aliphatic heterocycles. The minimum atomic E-state index is -4.81. The number of nitrogens with one attached hydrogen (secondary N) is 1. The highest BCUT2D eigenvalue weighted by molar-refractivity contribution is 7.89. The molecule has 0 amide bonds. The second-order valence-electron chi connectivity index (χ2n) is 6.21. The molecule has 1 aromatic heterocycles. The average molecular weight is 448 g/mol. The van der Waals surface area contributed by atoms with Crippen molar-refractivity contribution in [2.45, 2.75) is 37.7 Å².